The zero-order valence-corrected chi connectivity index (χ0v) is 12.0. The van der Waals surface area contributed by atoms with E-state index in [0.29, 0.717) is 5.82 Å². The molecule has 112 valence electrons. The molecule has 6 heteroatoms. The average Bonchev–Trinajstić information content (AvgIpc) is 2.97. The smallest absolute Gasteiger partial charge is 0.190 e. The van der Waals surface area contributed by atoms with Gasteiger partial charge in [0.2, 0.25) is 0 Å². The lowest BCUT2D eigenvalue weighted by molar-refractivity contribution is 0.360. The van der Waals surface area contributed by atoms with Crippen molar-refractivity contribution < 1.29 is 13.5 Å². The summed E-state index contributed by atoms with van der Waals surface area (Å²) in [7, 11) is 1.21. The molecule has 0 aliphatic carbocycles. The molecule has 0 saturated carbocycles. The quantitative estimate of drug-likeness (QED) is 0.802. The van der Waals surface area contributed by atoms with Crippen LogP contribution in [0.4, 0.5) is 8.78 Å². The molecule has 2 aromatic carbocycles. The highest BCUT2D eigenvalue weighted by molar-refractivity contribution is 5.62. The van der Waals surface area contributed by atoms with Gasteiger partial charge in [0.1, 0.15) is 0 Å². The van der Waals surface area contributed by atoms with Gasteiger partial charge in [0, 0.05) is 11.1 Å². The number of halogens is 2. The van der Waals surface area contributed by atoms with Gasteiger partial charge in [-0.15, -0.1) is 0 Å². The van der Waals surface area contributed by atoms with Gasteiger partial charge in [0.15, 0.2) is 29.0 Å². The fraction of sp³-hybridized carbons (Fsp3) is 0.125. The van der Waals surface area contributed by atoms with Crippen LogP contribution in [0.3, 0.4) is 0 Å². The Bertz CT molecular complexity index is 807. The molecular weight excluding hydrogens is 288 g/mol. The summed E-state index contributed by atoms with van der Waals surface area (Å²) in [5, 5.41) is 6.80. The van der Waals surface area contributed by atoms with Gasteiger partial charge in [-0.25, -0.2) is 13.8 Å². The third kappa shape index (κ3) is 2.55. The molecule has 0 fully saturated rings. The molecule has 1 aromatic heterocycles. The van der Waals surface area contributed by atoms with Crippen molar-refractivity contribution in [1.29, 1.82) is 0 Å². The van der Waals surface area contributed by atoms with Crippen LogP contribution >= 0.6 is 0 Å². The second-order valence-electron chi connectivity index (χ2n) is 4.85. The number of nitrogens with zero attached hydrogens (tertiary/aromatic N) is 2. The third-order valence-electron chi connectivity index (χ3n) is 3.24. The molecule has 0 atom stereocenters. The van der Waals surface area contributed by atoms with Crippen molar-refractivity contribution in [3.8, 4) is 28.5 Å². The number of aryl methyl sites for hydroxylation is 1. The maximum atomic E-state index is 13.7. The van der Waals surface area contributed by atoms with Crippen LogP contribution in [0.5, 0.6) is 5.75 Å². The molecule has 1 heterocycles. The first-order valence-electron chi connectivity index (χ1n) is 6.61. The van der Waals surface area contributed by atoms with E-state index in [-0.39, 0.29) is 11.4 Å². The number of H-pyrrole nitrogens is 1. The Morgan fingerprint density at radius 2 is 1.77 bits per heavy atom. The predicted octanol–water partition coefficient (Wildman–Crippen LogP) is 3.73. The molecule has 0 saturated heterocycles. The molecule has 22 heavy (non-hydrogen) atoms. The van der Waals surface area contributed by atoms with E-state index in [1.54, 1.807) is 0 Å². The van der Waals surface area contributed by atoms with Crippen molar-refractivity contribution in [2.24, 2.45) is 0 Å². The monoisotopic (exact) mass is 301 g/mol. The first-order valence-corrected chi connectivity index (χ1v) is 6.61. The van der Waals surface area contributed by atoms with Crippen molar-refractivity contribution in [2.45, 2.75) is 6.92 Å². The van der Waals surface area contributed by atoms with Gasteiger partial charge in [0.05, 0.1) is 7.11 Å². The van der Waals surface area contributed by atoms with E-state index >= 15 is 0 Å². The summed E-state index contributed by atoms with van der Waals surface area (Å²) in [6.07, 6.45) is 0. The van der Waals surface area contributed by atoms with E-state index < -0.39 is 17.4 Å². The van der Waals surface area contributed by atoms with Crippen LogP contribution in [0.25, 0.3) is 22.8 Å². The Kier molecular flexibility index (Phi) is 3.58. The summed E-state index contributed by atoms with van der Waals surface area (Å²) in [5.74, 6) is -1.25. The molecule has 0 radical (unpaired) electrons. The van der Waals surface area contributed by atoms with E-state index in [4.69, 9.17) is 0 Å². The standard InChI is InChI=1S/C16H13F2N3O/c1-9-4-3-5-10(6-9)15-19-16(21-20-15)11-7-12(17)14(22-2)13(18)8-11/h3-8H,1-2H3,(H,19,20,21). The number of methoxy groups -OCH3 is 1. The number of nitrogens with one attached hydrogen (secondary N) is 1. The Morgan fingerprint density at radius 3 is 2.41 bits per heavy atom. The van der Waals surface area contributed by atoms with E-state index in [2.05, 4.69) is 19.9 Å². The molecule has 1 N–H and O–H groups in total. The summed E-state index contributed by atoms with van der Waals surface area (Å²) >= 11 is 0. The molecular formula is C16H13F2N3O. The summed E-state index contributed by atoms with van der Waals surface area (Å²) in [5.41, 5.74) is 2.18. The Hall–Kier alpha value is -2.76. The van der Waals surface area contributed by atoms with Crippen molar-refractivity contribution in [3.63, 3.8) is 0 Å². The fourth-order valence-electron chi connectivity index (χ4n) is 2.20. The van der Waals surface area contributed by atoms with Crippen molar-refractivity contribution >= 4 is 0 Å². The zero-order chi connectivity index (χ0) is 15.7. The van der Waals surface area contributed by atoms with Gasteiger partial charge in [-0.3, -0.25) is 5.10 Å². The molecule has 0 aliphatic heterocycles. The van der Waals surface area contributed by atoms with Crippen LogP contribution < -0.4 is 4.74 Å². The number of hydrogen-bond donors (Lipinski definition) is 1. The van der Waals surface area contributed by atoms with Crippen LogP contribution in [0, 0.1) is 18.6 Å². The van der Waals surface area contributed by atoms with E-state index in [1.165, 1.54) is 7.11 Å². The molecule has 0 aliphatic rings. The fourth-order valence-corrected chi connectivity index (χ4v) is 2.20. The van der Waals surface area contributed by atoms with Crippen LogP contribution in [-0.4, -0.2) is 22.3 Å². The normalized spacial score (nSPS) is 10.7. The van der Waals surface area contributed by atoms with E-state index in [0.717, 1.165) is 23.3 Å². The Morgan fingerprint density at radius 1 is 1.05 bits per heavy atom. The van der Waals surface area contributed by atoms with Crippen molar-refractivity contribution in [2.75, 3.05) is 7.11 Å². The second-order valence-corrected chi connectivity index (χ2v) is 4.85. The second kappa shape index (κ2) is 5.55. The number of ether oxygens (including phenoxy) is 1. The SMILES string of the molecule is COc1c(F)cc(-c2n[nH]c(-c3cccc(C)c3)n2)cc1F. The number of aromatic amines is 1. The number of hydrogen-bond acceptors (Lipinski definition) is 3. The first kappa shape index (κ1) is 14.2. The maximum Gasteiger partial charge on any atom is 0.190 e. The van der Waals surface area contributed by atoms with Crippen LogP contribution in [0.2, 0.25) is 0 Å². The topological polar surface area (TPSA) is 50.8 Å². The summed E-state index contributed by atoms with van der Waals surface area (Å²) in [6.45, 7) is 1.97. The van der Waals surface area contributed by atoms with Crippen LogP contribution in [-0.2, 0) is 0 Å². The minimum atomic E-state index is -0.792. The van der Waals surface area contributed by atoms with Gasteiger partial charge in [0.25, 0.3) is 0 Å². The number of aromatic nitrogens is 3. The van der Waals surface area contributed by atoms with Crippen LogP contribution in [0.15, 0.2) is 36.4 Å². The Labute approximate surface area is 125 Å². The van der Waals surface area contributed by atoms with Gasteiger partial charge in [-0.05, 0) is 25.1 Å². The third-order valence-corrected chi connectivity index (χ3v) is 3.24. The first-order chi connectivity index (χ1) is 10.6. The highest BCUT2D eigenvalue weighted by atomic mass is 19.1. The molecule has 0 bridgehead atoms. The van der Waals surface area contributed by atoms with E-state index in [9.17, 15) is 8.78 Å². The molecule has 0 unspecified atom stereocenters. The minimum absolute atomic E-state index is 0.219. The highest BCUT2D eigenvalue weighted by Crippen LogP contribution is 2.28. The summed E-state index contributed by atoms with van der Waals surface area (Å²) in [6, 6.07) is 9.98. The molecule has 3 aromatic rings. The van der Waals surface area contributed by atoms with Crippen molar-refractivity contribution in [1.82, 2.24) is 15.2 Å². The largest absolute Gasteiger partial charge is 0.491 e. The molecule has 0 spiro atoms. The van der Waals surface area contributed by atoms with Gasteiger partial charge >= 0.3 is 0 Å². The molecule has 3 rings (SSSR count). The number of benzene rings is 2. The van der Waals surface area contributed by atoms with Crippen molar-refractivity contribution in [3.05, 3.63) is 53.6 Å². The minimum Gasteiger partial charge on any atom is -0.491 e. The molecule has 0 amide bonds. The van der Waals surface area contributed by atoms with E-state index in [1.807, 2.05) is 31.2 Å². The highest BCUT2D eigenvalue weighted by Gasteiger charge is 2.15. The van der Waals surface area contributed by atoms with Gasteiger partial charge < -0.3 is 4.74 Å². The lowest BCUT2D eigenvalue weighted by atomic mass is 10.1. The lowest BCUT2D eigenvalue weighted by Crippen LogP contribution is -1.94. The lowest BCUT2D eigenvalue weighted by Gasteiger charge is -2.04. The molecule has 4 nitrogen and oxygen atoms in total. The summed E-state index contributed by atoms with van der Waals surface area (Å²) < 4.78 is 32.2. The van der Waals surface area contributed by atoms with Gasteiger partial charge in [-0.1, -0.05) is 23.8 Å². The van der Waals surface area contributed by atoms with Crippen LogP contribution in [0.1, 0.15) is 5.56 Å². The van der Waals surface area contributed by atoms with Gasteiger partial charge in [-0.2, -0.15) is 5.10 Å². The zero-order valence-electron chi connectivity index (χ0n) is 12.0. The average molecular weight is 301 g/mol. The number of rotatable bonds is 3. The maximum absolute atomic E-state index is 13.7. The predicted molar refractivity (Wildman–Crippen MR) is 78.5 cm³/mol. The summed E-state index contributed by atoms with van der Waals surface area (Å²) in [4.78, 5) is 4.29. The Balaban J connectivity index is 2.01.